The first-order valence-corrected chi connectivity index (χ1v) is 8.62. The number of nitrogens with zero attached hydrogens (tertiary/aromatic N) is 3. The molecular formula is C18H19F3N4O2. The van der Waals surface area contributed by atoms with Crippen molar-refractivity contribution in [2.75, 3.05) is 18.0 Å². The molecule has 9 heteroatoms. The van der Waals surface area contributed by atoms with Gasteiger partial charge in [-0.3, -0.25) is 4.79 Å². The average molecular weight is 380 g/mol. The van der Waals surface area contributed by atoms with Crippen LogP contribution in [0.2, 0.25) is 0 Å². The van der Waals surface area contributed by atoms with Gasteiger partial charge in [-0.2, -0.15) is 0 Å². The SMILES string of the molecule is O=C(NCc1ccc(OC(F)(F)F)cc1)c1ccc(N2CCCCC2)nn1. The lowest BCUT2D eigenvalue weighted by Gasteiger charge is -2.27. The van der Waals surface area contributed by atoms with Gasteiger partial charge in [-0.15, -0.1) is 23.4 Å². The van der Waals surface area contributed by atoms with E-state index in [0.717, 1.165) is 31.7 Å². The maximum Gasteiger partial charge on any atom is 0.573 e. The molecule has 1 fully saturated rings. The zero-order valence-electron chi connectivity index (χ0n) is 14.5. The number of piperidine rings is 1. The summed E-state index contributed by atoms with van der Waals surface area (Å²) in [4.78, 5) is 14.3. The fourth-order valence-electron chi connectivity index (χ4n) is 2.82. The zero-order chi connectivity index (χ0) is 19.3. The van der Waals surface area contributed by atoms with Crippen molar-refractivity contribution >= 4 is 11.7 Å². The number of hydrogen-bond acceptors (Lipinski definition) is 5. The summed E-state index contributed by atoms with van der Waals surface area (Å²) < 4.78 is 40.2. The molecule has 6 nitrogen and oxygen atoms in total. The molecule has 1 aliphatic rings. The van der Waals surface area contributed by atoms with E-state index < -0.39 is 12.3 Å². The molecule has 0 radical (unpaired) electrons. The van der Waals surface area contributed by atoms with E-state index in [4.69, 9.17) is 0 Å². The molecule has 0 saturated carbocycles. The maximum absolute atomic E-state index is 12.2. The van der Waals surface area contributed by atoms with Crippen molar-refractivity contribution in [2.24, 2.45) is 0 Å². The number of ether oxygens (including phenoxy) is 1. The van der Waals surface area contributed by atoms with Crippen LogP contribution in [0.1, 0.15) is 35.3 Å². The molecule has 0 unspecified atom stereocenters. The van der Waals surface area contributed by atoms with Crippen LogP contribution in [-0.2, 0) is 6.54 Å². The number of carbonyl (C=O) groups excluding carboxylic acids is 1. The number of alkyl halides is 3. The van der Waals surface area contributed by atoms with E-state index in [9.17, 15) is 18.0 Å². The van der Waals surface area contributed by atoms with Crippen LogP contribution in [0.4, 0.5) is 19.0 Å². The van der Waals surface area contributed by atoms with E-state index in [1.165, 1.54) is 30.7 Å². The predicted molar refractivity (Wildman–Crippen MR) is 92.4 cm³/mol. The van der Waals surface area contributed by atoms with Crippen molar-refractivity contribution in [3.05, 3.63) is 47.7 Å². The first-order chi connectivity index (χ1) is 12.9. The summed E-state index contributed by atoms with van der Waals surface area (Å²) in [5.74, 6) is 0.0477. The lowest BCUT2D eigenvalue weighted by Crippen LogP contribution is -2.31. The van der Waals surface area contributed by atoms with E-state index in [1.807, 2.05) is 0 Å². The molecule has 2 aromatic rings. The van der Waals surface area contributed by atoms with E-state index in [1.54, 1.807) is 12.1 Å². The van der Waals surface area contributed by atoms with Crippen LogP contribution >= 0.6 is 0 Å². The van der Waals surface area contributed by atoms with E-state index in [0.29, 0.717) is 5.56 Å². The highest BCUT2D eigenvalue weighted by Gasteiger charge is 2.30. The first-order valence-electron chi connectivity index (χ1n) is 8.62. The molecule has 1 aromatic heterocycles. The molecule has 1 saturated heterocycles. The third-order valence-corrected chi connectivity index (χ3v) is 4.17. The first kappa shape index (κ1) is 18.9. The van der Waals surface area contributed by atoms with Gasteiger partial charge in [-0.25, -0.2) is 0 Å². The number of rotatable bonds is 5. The van der Waals surface area contributed by atoms with Crippen molar-refractivity contribution in [1.82, 2.24) is 15.5 Å². The Hall–Kier alpha value is -2.84. The Morgan fingerprint density at radius 2 is 1.74 bits per heavy atom. The largest absolute Gasteiger partial charge is 0.573 e. The molecule has 1 aromatic carbocycles. The second-order valence-corrected chi connectivity index (χ2v) is 6.20. The quantitative estimate of drug-likeness (QED) is 0.862. The lowest BCUT2D eigenvalue weighted by molar-refractivity contribution is -0.274. The number of hydrogen-bond donors (Lipinski definition) is 1. The number of anilines is 1. The molecule has 3 rings (SSSR count). The molecule has 144 valence electrons. The molecule has 0 spiro atoms. The van der Waals surface area contributed by atoms with Gasteiger partial charge in [0.2, 0.25) is 0 Å². The van der Waals surface area contributed by atoms with Crippen LogP contribution in [0.5, 0.6) is 5.75 Å². The number of benzene rings is 1. The molecule has 1 amide bonds. The summed E-state index contributed by atoms with van der Waals surface area (Å²) >= 11 is 0. The normalized spacial score (nSPS) is 14.7. The second kappa shape index (κ2) is 8.24. The zero-order valence-corrected chi connectivity index (χ0v) is 14.5. The van der Waals surface area contributed by atoms with Crippen LogP contribution < -0.4 is 15.0 Å². The van der Waals surface area contributed by atoms with Crippen molar-refractivity contribution in [1.29, 1.82) is 0 Å². The minimum absolute atomic E-state index is 0.153. The summed E-state index contributed by atoms with van der Waals surface area (Å²) in [6.45, 7) is 2.03. The molecule has 2 heterocycles. The van der Waals surface area contributed by atoms with Gasteiger partial charge in [-0.05, 0) is 49.1 Å². The molecule has 27 heavy (non-hydrogen) atoms. The predicted octanol–water partition coefficient (Wildman–Crippen LogP) is 3.30. The summed E-state index contributed by atoms with van der Waals surface area (Å²) in [6, 6.07) is 8.69. The van der Waals surface area contributed by atoms with Gasteiger partial charge >= 0.3 is 6.36 Å². The molecule has 0 atom stereocenters. The fraction of sp³-hybridized carbons (Fsp3) is 0.389. The Morgan fingerprint density at radius 3 is 2.33 bits per heavy atom. The number of carbonyl (C=O) groups is 1. The van der Waals surface area contributed by atoms with Gasteiger partial charge in [0.25, 0.3) is 5.91 Å². The van der Waals surface area contributed by atoms with Gasteiger partial charge in [0.1, 0.15) is 5.75 Å². The summed E-state index contributed by atoms with van der Waals surface area (Å²) in [7, 11) is 0. The van der Waals surface area contributed by atoms with Crippen LogP contribution in [0.3, 0.4) is 0 Å². The van der Waals surface area contributed by atoms with Gasteiger partial charge < -0.3 is 15.0 Å². The van der Waals surface area contributed by atoms with E-state index in [-0.39, 0.29) is 18.0 Å². The lowest BCUT2D eigenvalue weighted by atomic mass is 10.1. The van der Waals surface area contributed by atoms with Crippen molar-refractivity contribution in [3.63, 3.8) is 0 Å². The molecule has 0 bridgehead atoms. The van der Waals surface area contributed by atoms with Crippen molar-refractivity contribution in [3.8, 4) is 5.75 Å². The van der Waals surface area contributed by atoms with Crippen LogP contribution in [0, 0.1) is 0 Å². The number of nitrogens with one attached hydrogen (secondary N) is 1. The Balaban J connectivity index is 1.53. The molecule has 1 N–H and O–H groups in total. The third-order valence-electron chi connectivity index (χ3n) is 4.17. The van der Waals surface area contributed by atoms with Gasteiger partial charge in [-0.1, -0.05) is 12.1 Å². The third kappa shape index (κ3) is 5.57. The van der Waals surface area contributed by atoms with Gasteiger partial charge in [0.05, 0.1) is 0 Å². The van der Waals surface area contributed by atoms with E-state index >= 15 is 0 Å². The number of halogens is 3. The standard InChI is InChI=1S/C18H19F3N4O2/c19-18(20,21)27-14-6-4-13(5-7-14)12-22-17(26)15-8-9-16(24-23-15)25-10-2-1-3-11-25/h4-9H,1-3,10-12H2,(H,22,26). The smallest absolute Gasteiger partial charge is 0.406 e. The fourth-order valence-corrected chi connectivity index (χ4v) is 2.82. The Kier molecular flexibility index (Phi) is 5.78. The highest BCUT2D eigenvalue weighted by molar-refractivity contribution is 5.92. The number of amides is 1. The summed E-state index contributed by atoms with van der Waals surface area (Å²) in [6.07, 6.45) is -1.27. The number of aromatic nitrogens is 2. The summed E-state index contributed by atoms with van der Waals surface area (Å²) in [5.41, 5.74) is 0.823. The minimum Gasteiger partial charge on any atom is -0.406 e. The van der Waals surface area contributed by atoms with Crippen LogP contribution in [-0.4, -0.2) is 35.6 Å². The van der Waals surface area contributed by atoms with Crippen molar-refractivity contribution < 1.29 is 22.7 Å². The van der Waals surface area contributed by atoms with Crippen LogP contribution in [0.25, 0.3) is 0 Å². The van der Waals surface area contributed by atoms with Gasteiger partial charge in [0, 0.05) is 19.6 Å². The van der Waals surface area contributed by atoms with Crippen molar-refractivity contribution in [2.45, 2.75) is 32.2 Å². The highest BCUT2D eigenvalue weighted by Crippen LogP contribution is 2.22. The topological polar surface area (TPSA) is 67.3 Å². The van der Waals surface area contributed by atoms with Gasteiger partial charge in [0.15, 0.2) is 11.5 Å². The minimum atomic E-state index is -4.73. The maximum atomic E-state index is 12.2. The van der Waals surface area contributed by atoms with Crippen LogP contribution in [0.15, 0.2) is 36.4 Å². The second-order valence-electron chi connectivity index (χ2n) is 6.20. The Bertz CT molecular complexity index is 758. The Labute approximate surface area is 154 Å². The average Bonchev–Trinajstić information content (AvgIpc) is 2.67. The molecule has 0 aliphatic carbocycles. The monoisotopic (exact) mass is 380 g/mol. The highest BCUT2D eigenvalue weighted by atomic mass is 19.4. The van der Waals surface area contributed by atoms with E-state index in [2.05, 4.69) is 25.2 Å². The summed E-state index contributed by atoms with van der Waals surface area (Å²) in [5, 5.41) is 10.8. The molecular weight excluding hydrogens is 361 g/mol. The molecule has 1 aliphatic heterocycles. The Morgan fingerprint density at radius 1 is 1.04 bits per heavy atom.